The molecule has 0 bridgehead atoms. The highest BCUT2D eigenvalue weighted by Gasteiger charge is 2.23. The van der Waals surface area contributed by atoms with Crippen molar-refractivity contribution in [2.75, 3.05) is 27.2 Å². The number of hydrogen-bond acceptors (Lipinski definition) is 3. The third kappa shape index (κ3) is 6.65. The van der Waals surface area contributed by atoms with Gasteiger partial charge in [-0.25, -0.2) is 4.79 Å². The molecule has 1 fully saturated rings. The minimum absolute atomic E-state index is 0. The van der Waals surface area contributed by atoms with Crippen LogP contribution in [0.15, 0.2) is 27.7 Å². The predicted molar refractivity (Wildman–Crippen MR) is 115 cm³/mol. The number of ether oxygens (including phenoxy) is 1. The molecule has 0 unspecified atom stereocenters. The van der Waals surface area contributed by atoms with Crippen LogP contribution in [0.5, 0.6) is 0 Å². The second-order valence-corrected chi connectivity index (χ2v) is 6.79. The van der Waals surface area contributed by atoms with Gasteiger partial charge in [-0.2, -0.15) is 0 Å². The molecule has 0 atom stereocenters. The van der Waals surface area contributed by atoms with Gasteiger partial charge in [0.1, 0.15) is 0 Å². The van der Waals surface area contributed by atoms with E-state index in [1.165, 1.54) is 18.2 Å². The van der Waals surface area contributed by atoms with Gasteiger partial charge in [0.05, 0.1) is 7.11 Å². The smallest absolute Gasteiger partial charge is 0.409 e. The fourth-order valence-electron chi connectivity index (χ4n) is 2.76. The highest BCUT2D eigenvalue weighted by atomic mass is 127. The molecule has 8 heteroatoms. The standard InChI is InChI=1S/C17H25BrN4O2.HI/c1-12-10-14(18)5-4-13(12)11-20-16(19-2)21-15-6-8-22(9-7-15)17(23)24-3;/h4-5,10,15H,6-9,11H2,1-3H3,(H2,19,20,21);1H. The van der Waals surface area contributed by atoms with Crippen LogP contribution in [-0.2, 0) is 11.3 Å². The van der Waals surface area contributed by atoms with Crippen molar-refractivity contribution in [3.8, 4) is 0 Å². The zero-order valence-electron chi connectivity index (χ0n) is 14.8. The summed E-state index contributed by atoms with van der Waals surface area (Å²) in [5.41, 5.74) is 2.47. The molecule has 25 heavy (non-hydrogen) atoms. The van der Waals surface area contributed by atoms with Gasteiger partial charge in [-0.1, -0.05) is 22.0 Å². The number of aryl methyl sites for hydroxylation is 1. The number of hydrogen-bond donors (Lipinski definition) is 2. The number of nitrogens with zero attached hydrogens (tertiary/aromatic N) is 2. The summed E-state index contributed by atoms with van der Waals surface area (Å²) in [6.45, 7) is 4.22. The van der Waals surface area contributed by atoms with Gasteiger partial charge in [-0.15, -0.1) is 24.0 Å². The van der Waals surface area contributed by atoms with E-state index in [0.29, 0.717) is 19.1 Å². The average Bonchev–Trinajstić information content (AvgIpc) is 2.59. The molecule has 1 heterocycles. The van der Waals surface area contributed by atoms with Crippen molar-refractivity contribution in [2.45, 2.75) is 32.4 Å². The van der Waals surface area contributed by atoms with Gasteiger partial charge >= 0.3 is 6.09 Å². The van der Waals surface area contributed by atoms with E-state index in [-0.39, 0.29) is 30.1 Å². The number of guanidine groups is 1. The van der Waals surface area contributed by atoms with Crippen LogP contribution in [0.1, 0.15) is 24.0 Å². The Labute approximate surface area is 174 Å². The Balaban J connectivity index is 0.00000312. The van der Waals surface area contributed by atoms with Gasteiger partial charge in [0.2, 0.25) is 0 Å². The van der Waals surface area contributed by atoms with E-state index in [2.05, 4.69) is 50.6 Å². The number of halogens is 2. The molecular weight excluding hydrogens is 499 g/mol. The topological polar surface area (TPSA) is 66.0 Å². The van der Waals surface area contributed by atoms with E-state index < -0.39 is 0 Å². The Bertz CT molecular complexity index is 604. The molecule has 1 saturated heterocycles. The fraction of sp³-hybridized carbons (Fsp3) is 0.529. The number of piperidine rings is 1. The van der Waals surface area contributed by atoms with Crippen LogP contribution < -0.4 is 10.6 Å². The minimum Gasteiger partial charge on any atom is -0.453 e. The summed E-state index contributed by atoms with van der Waals surface area (Å²) < 4.78 is 5.85. The first-order valence-corrected chi connectivity index (χ1v) is 8.88. The number of likely N-dealkylation sites (tertiary alicyclic amines) is 1. The Hall–Kier alpha value is -1.03. The number of amides is 1. The van der Waals surface area contributed by atoms with Crippen molar-refractivity contribution in [2.24, 2.45) is 4.99 Å². The number of benzene rings is 1. The molecule has 1 amide bonds. The van der Waals surface area contributed by atoms with Gasteiger partial charge < -0.3 is 20.3 Å². The van der Waals surface area contributed by atoms with E-state index in [1.807, 2.05) is 6.07 Å². The molecule has 1 aromatic carbocycles. The molecule has 0 spiro atoms. The van der Waals surface area contributed by atoms with Gasteiger partial charge in [0, 0.05) is 37.2 Å². The van der Waals surface area contributed by atoms with Crippen LogP contribution in [0, 0.1) is 6.92 Å². The number of nitrogens with one attached hydrogen (secondary N) is 2. The summed E-state index contributed by atoms with van der Waals surface area (Å²) in [6.07, 6.45) is 1.52. The number of carbonyl (C=O) groups excluding carboxylic acids is 1. The third-order valence-corrected chi connectivity index (χ3v) is 4.74. The normalized spacial score (nSPS) is 15.4. The molecular formula is C17H26BrIN4O2. The highest BCUT2D eigenvalue weighted by molar-refractivity contribution is 14.0. The van der Waals surface area contributed by atoms with Crippen LogP contribution in [0.3, 0.4) is 0 Å². The van der Waals surface area contributed by atoms with Crippen LogP contribution >= 0.6 is 39.9 Å². The Morgan fingerprint density at radius 3 is 2.64 bits per heavy atom. The van der Waals surface area contributed by atoms with E-state index in [0.717, 1.165) is 29.8 Å². The summed E-state index contributed by atoms with van der Waals surface area (Å²) in [5, 5.41) is 6.79. The van der Waals surface area contributed by atoms with Gasteiger partial charge in [0.15, 0.2) is 5.96 Å². The predicted octanol–water partition coefficient (Wildman–Crippen LogP) is 3.27. The van der Waals surface area contributed by atoms with Crippen molar-refractivity contribution in [3.63, 3.8) is 0 Å². The molecule has 0 radical (unpaired) electrons. The molecule has 2 N–H and O–H groups in total. The van der Waals surface area contributed by atoms with Crippen molar-refractivity contribution in [3.05, 3.63) is 33.8 Å². The number of rotatable bonds is 3. The first-order chi connectivity index (χ1) is 11.5. The lowest BCUT2D eigenvalue weighted by molar-refractivity contribution is 0.111. The largest absolute Gasteiger partial charge is 0.453 e. The lowest BCUT2D eigenvalue weighted by Gasteiger charge is -2.32. The maximum atomic E-state index is 11.5. The van der Waals surface area contributed by atoms with E-state index in [9.17, 15) is 4.79 Å². The van der Waals surface area contributed by atoms with Crippen molar-refractivity contribution in [1.29, 1.82) is 0 Å². The Morgan fingerprint density at radius 2 is 2.08 bits per heavy atom. The molecule has 6 nitrogen and oxygen atoms in total. The SMILES string of the molecule is CN=C(NCc1ccc(Br)cc1C)NC1CCN(C(=O)OC)CC1.I. The first-order valence-electron chi connectivity index (χ1n) is 8.08. The van der Waals surface area contributed by atoms with Crippen LogP contribution in [0.25, 0.3) is 0 Å². The van der Waals surface area contributed by atoms with E-state index >= 15 is 0 Å². The van der Waals surface area contributed by atoms with Crippen molar-refractivity contribution in [1.82, 2.24) is 15.5 Å². The lowest BCUT2D eigenvalue weighted by atomic mass is 10.1. The average molecular weight is 525 g/mol. The molecule has 1 aliphatic rings. The minimum atomic E-state index is -0.248. The molecule has 0 aromatic heterocycles. The number of carbonyl (C=O) groups is 1. The van der Waals surface area contributed by atoms with Crippen LogP contribution in [0.4, 0.5) is 4.79 Å². The zero-order valence-corrected chi connectivity index (χ0v) is 18.8. The highest BCUT2D eigenvalue weighted by Crippen LogP contribution is 2.16. The quantitative estimate of drug-likeness (QED) is 0.362. The summed E-state index contributed by atoms with van der Waals surface area (Å²) in [4.78, 5) is 17.5. The maximum Gasteiger partial charge on any atom is 0.409 e. The Morgan fingerprint density at radius 1 is 1.40 bits per heavy atom. The number of methoxy groups -OCH3 is 1. The van der Waals surface area contributed by atoms with Gasteiger partial charge in [0.25, 0.3) is 0 Å². The summed E-state index contributed by atoms with van der Waals surface area (Å²) in [5.74, 6) is 0.786. The second-order valence-electron chi connectivity index (χ2n) is 5.87. The third-order valence-electron chi connectivity index (χ3n) is 4.24. The first kappa shape index (κ1) is 22.0. The molecule has 0 saturated carbocycles. The molecule has 140 valence electrons. The van der Waals surface area contributed by atoms with Crippen LogP contribution in [0.2, 0.25) is 0 Å². The monoisotopic (exact) mass is 524 g/mol. The number of aliphatic imine (C=N–C) groups is 1. The van der Waals surface area contributed by atoms with E-state index in [4.69, 9.17) is 4.74 Å². The maximum absolute atomic E-state index is 11.5. The summed E-state index contributed by atoms with van der Waals surface area (Å²) in [6, 6.07) is 6.57. The van der Waals surface area contributed by atoms with Crippen molar-refractivity contribution >= 4 is 52.0 Å². The van der Waals surface area contributed by atoms with E-state index in [1.54, 1.807) is 11.9 Å². The van der Waals surface area contributed by atoms with Gasteiger partial charge in [-0.05, 0) is 43.0 Å². The fourth-order valence-corrected chi connectivity index (χ4v) is 3.24. The summed E-state index contributed by atoms with van der Waals surface area (Å²) >= 11 is 3.48. The lowest BCUT2D eigenvalue weighted by Crippen LogP contribution is -2.49. The van der Waals surface area contributed by atoms with Crippen molar-refractivity contribution < 1.29 is 9.53 Å². The molecule has 1 aromatic rings. The molecule has 2 rings (SSSR count). The second kappa shape index (κ2) is 10.8. The zero-order chi connectivity index (χ0) is 17.5. The van der Waals surface area contributed by atoms with Gasteiger partial charge in [-0.3, -0.25) is 4.99 Å². The summed E-state index contributed by atoms with van der Waals surface area (Å²) in [7, 11) is 3.19. The molecule has 0 aliphatic carbocycles. The van der Waals surface area contributed by atoms with Crippen LogP contribution in [-0.4, -0.2) is 50.2 Å². The Kier molecular flexibility index (Phi) is 9.55. The molecule has 1 aliphatic heterocycles.